The molecule has 0 saturated carbocycles. The monoisotopic (exact) mass is 484 g/mol. The van der Waals surface area contributed by atoms with E-state index in [0.717, 1.165) is 23.6 Å². The molecule has 3 rings (SSSR count). The Labute approximate surface area is 187 Å². The zero-order valence-corrected chi connectivity index (χ0v) is 17.6. The van der Waals surface area contributed by atoms with E-state index in [0.29, 0.717) is 4.57 Å². The maximum absolute atomic E-state index is 13.7. The van der Waals surface area contributed by atoms with Crippen LogP contribution in [0.4, 0.5) is 18.9 Å². The van der Waals surface area contributed by atoms with E-state index >= 15 is 0 Å². The number of hydrogen-bond acceptors (Lipinski definition) is 6. The van der Waals surface area contributed by atoms with Gasteiger partial charge in [-0.05, 0) is 12.0 Å². The van der Waals surface area contributed by atoms with Crippen LogP contribution in [0.15, 0.2) is 33.7 Å². The van der Waals surface area contributed by atoms with Crippen LogP contribution < -0.4 is 16.2 Å². The molecule has 0 aromatic carbocycles. The van der Waals surface area contributed by atoms with Crippen molar-refractivity contribution in [2.75, 3.05) is 12.4 Å². The van der Waals surface area contributed by atoms with E-state index in [9.17, 15) is 27.6 Å². The van der Waals surface area contributed by atoms with Crippen molar-refractivity contribution in [2.24, 2.45) is 0 Å². The molecular formula is C19H12ClF3N4O4S. The number of halogens is 4. The van der Waals surface area contributed by atoms with Gasteiger partial charge in [-0.25, -0.2) is 18.2 Å². The molecule has 0 saturated heterocycles. The number of pyridine rings is 1. The summed E-state index contributed by atoms with van der Waals surface area (Å²) in [4.78, 5) is 39.3. The molecular weight excluding hydrogens is 473 g/mol. The van der Waals surface area contributed by atoms with Gasteiger partial charge < -0.3 is 19.6 Å². The van der Waals surface area contributed by atoms with Gasteiger partial charge in [-0.2, -0.15) is 0 Å². The number of alkyl halides is 2. The minimum Gasteiger partial charge on any atom is -0.424 e. The maximum Gasteiger partial charge on any atom is 0.306 e. The summed E-state index contributed by atoms with van der Waals surface area (Å²) in [5, 5.41) is 4.67. The van der Waals surface area contributed by atoms with Gasteiger partial charge in [-0.3, -0.25) is 14.4 Å². The molecule has 0 unspecified atom stereocenters. The predicted octanol–water partition coefficient (Wildman–Crippen LogP) is 2.97. The fourth-order valence-corrected chi connectivity index (χ4v) is 3.47. The molecule has 0 spiro atoms. The van der Waals surface area contributed by atoms with E-state index in [1.54, 1.807) is 0 Å². The number of carbonyl (C=O) groups is 2. The molecule has 2 amide bonds. The Morgan fingerprint density at radius 1 is 1.31 bits per heavy atom. The number of amides is 2. The van der Waals surface area contributed by atoms with E-state index in [1.807, 2.05) is 0 Å². The van der Waals surface area contributed by atoms with E-state index in [1.165, 1.54) is 19.3 Å². The highest BCUT2D eigenvalue weighted by atomic mass is 35.5. The van der Waals surface area contributed by atoms with Gasteiger partial charge in [-0.1, -0.05) is 17.5 Å². The Morgan fingerprint density at radius 3 is 2.75 bits per heavy atom. The number of carbonyl (C=O) groups excluding carboxylic acids is 2. The van der Waals surface area contributed by atoms with Gasteiger partial charge in [0.1, 0.15) is 4.34 Å². The smallest absolute Gasteiger partial charge is 0.306 e. The summed E-state index contributed by atoms with van der Waals surface area (Å²) in [6, 6.07) is 2.09. The first-order valence-electron chi connectivity index (χ1n) is 8.66. The van der Waals surface area contributed by atoms with Gasteiger partial charge in [0.25, 0.3) is 23.8 Å². The zero-order valence-electron chi connectivity index (χ0n) is 16.0. The fraction of sp³-hybridized carbons (Fsp3) is 0.158. The topological polar surface area (TPSA) is 106 Å². The van der Waals surface area contributed by atoms with Crippen molar-refractivity contribution in [3.05, 3.63) is 67.1 Å². The Morgan fingerprint density at radius 2 is 2.06 bits per heavy atom. The average molecular weight is 485 g/mol. The second-order valence-electron chi connectivity index (χ2n) is 6.04. The van der Waals surface area contributed by atoms with E-state index < -0.39 is 36.2 Å². The van der Waals surface area contributed by atoms with Crippen LogP contribution in [0.5, 0.6) is 0 Å². The van der Waals surface area contributed by atoms with E-state index in [-0.39, 0.29) is 32.1 Å². The number of rotatable bonds is 5. The summed E-state index contributed by atoms with van der Waals surface area (Å²) in [7, 11) is 1.41. The summed E-state index contributed by atoms with van der Waals surface area (Å²) in [5.41, 5.74) is -1.14. The first kappa shape index (κ1) is 23.1. The first-order valence-corrected chi connectivity index (χ1v) is 9.86. The highest BCUT2D eigenvalue weighted by Gasteiger charge is 2.16. The Balaban J connectivity index is 1.78. The molecule has 166 valence electrons. The molecule has 0 fully saturated rings. The molecule has 3 aromatic heterocycles. The minimum absolute atomic E-state index is 0.0913. The molecule has 0 radical (unpaired) electrons. The molecule has 0 atom stereocenters. The summed E-state index contributed by atoms with van der Waals surface area (Å²) < 4.78 is 44.7. The molecule has 0 bridgehead atoms. The molecule has 2 N–H and O–H groups in total. The van der Waals surface area contributed by atoms with Crippen LogP contribution in [0.2, 0.25) is 4.34 Å². The number of nitrogens with one attached hydrogen (secondary N) is 2. The van der Waals surface area contributed by atoms with Crippen molar-refractivity contribution in [2.45, 2.75) is 13.0 Å². The third-order valence-electron chi connectivity index (χ3n) is 3.79. The Bertz CT molecular complexity index is 1310. The summed E-state index contributed by atoms with van der Waals surface area (Å²) >= 11 is 6.97. The number of hydrogen-bond donors (Lipinski definition) is 2. The number of aromatic nitrogens is 2. The number of nitrogens with zero attached hydrogens (tertiary/aromatic N) is 2. The maximum atomic E-state index is 13.7. The Kier molecular flexibility index (Phi) is 7.01. The van der Waals surface area contributed by atoms with Gasteiger partial charge >= 0.3 is 5.91 Å². The van der Waals surface area contributed by atoms with Crippen molar-refractivity contribution >= 4 is 40.4 Å². The molecule has 32 heavy (non-hydrogen) atoms. The number of oxazole rings is 1. The highest BCUT2D eigenvalue weighted by Crippen LogP contribution is 2.28. The normalized spacial score (nSPS) is 10.6. The lowest BCUT2D eigenvalue weighted by molar-refractivity contribution is 0.0927. The number of thiophene rings is 1. The van der Waals surface area contributed by atoms with Crippen LogP contribution in [0.25, 0.3) is 0 Å². The Hall–Kier alpha value is -3.56. The largest absolute Gasteiger partial charge is 0.424 e. The van der Waals surface area contributed by atoms with Crippen molar-refractivity contribution in [1.29, 1.82) is 0 Å². The van der Waals surface area contributed by atoms with Crippen LogP contribution in [0.3, 0.4) is 0 Å². The number of anilines is 1. The van der Waals surface area contributed by atoms with Gasteiger partial charge in [0.2, 0.25) is 0 Å². The molecule has 0 aliphatic carbocycles. The molecule has 0 aliphatic heterocycles. The van der Waals surface area contributed by atoms with Gasteiger partial charge in [0.15, 0.2) is 11.6 Å². The quantitative estimate of drug-likeness (QED) is 0.542. The predicted molar refractivity (Wildman–Crippen MR) is 110 cm³/mol. The van der Waals surface area contributed by atoms with Gasteiger partial charge in [0.05, 0.1) is 28.9 Å². The van der Waals surface area contributed by atoms with Crippen LogP contribution in [-0.4, -0.2) is 34.8 Å². The lowest BCUT2D eigenvalue weighted by Gasteiger charge is -2.09. The lowest BCUT2D eigenvalue weighted by atomic mass is 10.3. The second-order valence-corrected chi connectivity index (χ2v) is 7.69. The molecule has 3 aromatic rings. The average Bonchev–Trinajstić information content (AvgIpc) is 3.36. The molecule has 3 heterocycles. The third kappa shape index (κ3) is 5.37. The summed E-state index contributed by atoms with van der Waals surface area (Å²) in [6.45, 7) is -1.02. The van der Waals surface area contributed by atoms with Crippen molar-refractivity contribution in [3.8, 4) is 11.8 Å². The van der Waals surface area contributed by atoms with Gasteiger partial charge in [0, 0.05) is 19.3 Å². The summed E-state index contributed by atoms with van der Waals surface area (Å²) in [5.74, 6) is 2.68. The van der Waals surface area contributed by atoms with Crippen LogP contribution in [0.1, 0.15) is 31.7 Å². The fourth-order valence-electron chi connectivity index (χ4n) is 2.38. The van der Waals surface area contributed by atoms with Crippen molar-refractivity contribution in [3.63, 3.8) is 0 Å². The lowest BCUT2D eigenvalue weighted by Crippen LogP contribution is -2.26. The van der Waals surface area contributed by atoms with Gasteiger partial charge in [-0.15, -0.1) is 11.3 Å². The molecule has 8 nitrogen and oxygen atoms in total. The zero-order chi connectivity index (χ0) is 23.4. The minimum atomic E-state index is -2.88. The van der Waals surface area contributed by atoms with Crippen molar-refractivity contribution in [1.82, 2.24) is 14.9 Å². The van der Waals surface area contributed by atoms with Crippen LogP contribution in [-0.2, 0) is 6.54 Å². The van der Waals surface area contributed by atoms with Crippen LogP contribution >= 0.6 is 22.9 Å². The van der Waals surface area contributed by atoms with E-state index in [2.05, 4.69) is 27.5 Å². The van der Waals surface area contributed by atoms with Crippen molar-refractivity contribution < 1.29 is 27.2 Å². The van der Waals surface area contributed by atoms with E-state index in [4.69, 9.17) is 16.0 Å². The third-order valence-corrected chi connectivity index (χ3v) is 5.15. The SMILES string of the molecule is CNC(=O)c1ncc(C#Cc2cc(C(=O)Nc3cc(F)c(=O)n(CC(F)F)c3)sc2Cl)o1. The first-order chi connectivity index (χ1) is 15.2. The highest BCUT2D eigenvalue weighted by molar-refractivity contribution is 7.18. The van der Waals surface area contributed by atoms with Crippen LogP contribution in [0, 0.1) is 17.7 Å². The standard InChI is InChI=1S/C19H12ClF3N4O4S/c1-24-17(29)18-25-6-11(31-18)3-2-9-4-13(32-15(9)20)16(28)26-10-5-12(21)19(30)27(7-10)8-14(22)23/h4-7,14H,8H2,1H3,(H,24,29)(H,26,28). The second kappa shape index (κ2) is 9.71. The summed E-state index contributed by atoms with van der Waals surface area (Å²) in [6.07, 6.45) is -0.722. The molecule has 13 heteroatoms. The molecule has 0 aliphatic rings.